The average Bonchev–Trinajstić information content (AvgIpc) is 2.92. The maximum Gasteiger partial charge on any atom is 0.223 e. The third-order valence-corrected chi connectivity index (χ3v) is 5.95. The topological polar surface area (TPSA) is 36.4 Å². The van der Waals surface area contributed by atoms with E-state index in [-0.39, 0.29) is 5.54 Å². The van der Waals surface area contributed by atoms with Gasteiger partial charge in [-0.2, -0.15) is 0 Å². The van der Waals surface area contributed by atoms with Gasteiger partial charge in [-0.25, -0.2) is 4.98 Å². The number of amides is 1. The number of rotatable bonds is 3. The van der Waals surface area contributed by atoms with Crippen molar-refractivity contribution in [1.29, 1.82) is 0 Å². The molecule has 1 aromatic rings. The van der Waals surface area contributed by atoms with Gasteiger partial charge in [-0.05, 0) is 46.1 Å². The van der Waals surface area contributed by atoms with Gasteiger partial charge in [0.15, 0.2) is 0 Å². The molecule has 0 unspecified atom stereocenters. The first-order chi connectivity index (χ1) is 10.1. The molecule has 0 aromatic carbocycles. The highest BCUT2D eigenvalue weighted by molar-refractivity contribution is 7.11. The number of carbonyl (C=O) groups excluding carboxylic acids is 1. The van der Waals surface area contributed by atoms with Crippen molar-refractivity contribution < 1.29 is 4.79 Å². The molecule has 5 heteroatoms. The molecule has 1 aromatic heterocycles. The lowest BCUT2D eigenvalue weighted by Gasteiger charge is -2.37. The minimum absolute atomic E-state index is 0.157. The summed E-state index contributed by atoms with van der Waals surface area (Å²) in [5.74, 6) is 0.365. The summed E-state index contributed by atoms with van der Waals surface area (Å²) >= 11 is 1.80. The maximum atomic E-state index is 12.1. The Morgan fingerprint density at radius 3 is 2.90 bits per heavy atom. The van der Waals surface area contributed by atoms with Crippen LogP contribution in [0.25, 0.3) is 0 Å². The van der Waals surface area contributed by atoms with Gasteiger partial charge in [-0.3, -0.25) is 9.69 Å². The molecule has 0 saturated carbocycles. The van der Waals surface area contributed by atoms with Crippen LogP contribution in [0.15, 0.2) is 6.20 Å². The van der Waals surface area contributed by atoms with E-state index in [0.717, 1.165) is 50.4 Å². The Balaban J connectivity index is 1.65. The van der Waals surface area contributed by atoms with E-state index in [1.54, 1.807) is 11.3 Å². The van der Waals surface area contributed by atoms with Crippen LogP contribution in [0.1, 0.15) is 48.9 Å². The molecule has 2 fully saturated rings. The molecule has 0 aliphatic carbocycles. The first-order valence-electron chi connectivity index (χ1n) is 8.07. The summed E-state index contributed by atoms with van der Waals surface area (Å²) in [5, 5.41) is 1.15. The van der Waals surface area contributed by atoms with Crippen molar-refractivity contribution >= 4 is 17.2 Å². The number of nitrogens with zero attached hydrogens (tertiary/aromatic N) is 3. The molecular weight excluding hydrogens is 282 g/mol. The normalized spacial score (nSPS) is 27.5. The third kappa shape index (κ3) is 2.99. The molecule has 3 heterocycles. The third-order valence-electron chi connectivity index (χ3n) is 5.05. The molecule has 2 saturated heterocycles. The zero-order valence-electron chi connectivity index (χ0n) is 13.1. The number of likely N-dealkylation sites (tertiary alicyclic amines) is 2. The van der Waals surface area contributed by atoms with Crippen molar-refractivity contribution in [3.8, 4) is 0 Å². The minimum Gasteiger partial charge on any atom is -0.337 e. The van der Waals surface area contributed by atoms with Gasteiger partial charge < -0.3 is 4.90 Å². The van der Waals surface area contributed by atoms with E-state index in [0.29, 0.717) is 5.91 Å². The Morgan fingerprint density at radius 1 is 1.33 bits per heavy atom. The first kappa shape index (κ1) is 15.0. The minimum atomic E-state index is 0.157. The smallest absolute Gasteiger partial charge is 0.223 e. The second-order valence-electron chi connectivity index (χ2n) is 6.34. The zero-order valence-corrected chi connectivity index (χ0v) is 13.9. The molecule has 0 radical (unpaired) electrons. The molecule has 2 aliphatic heterocycles. The quantitative estimate of drug-likeness (QED) is 0.861. The molecule has 1 spiro atoms. The van der Waals surface area contributed by atoms with Crippen LogP contribution in [-0.2, 0) is 11.3 Å². The van der Waals surface area contributed by atoms with Crippen molar-refractivity contribution in [3.63, 3.8) is 0 Å². The van der Waals surface area contributed by atoms with Crippen LogP contribution in [0.3, 0.4) is 0 Å². The van der Waals surface area contributed by atoms with Crippen molar-refractivity contribution in [2.24, 2.45) is 0 Å². The van der Waals surface area contributed by atoms with Crippen molar-refractivity contribution in [2.75, 3.05) is 19.6 Å². The number of thiazole rings is 1. The Morgan fingerprint density at radius 2 is 2.19 bits per heavy atom. The van der Waals surface area contributed by atoms with Gasteiger partial charge in [-0.1, -0.05) is 0 Å². The largest absolute Gasteiger partial charge is 0.337 e. The van der Waals surface area contributed by atoms with Gasteiger partial charge in [0, 0.05) is 42.7 Å². The van der Waals surface area contributed by atoms with Crippen LogP contribution in [0.4, 0.5) is 0 Å². The van der Waals surface area contributed by atoms with Crippen LogP contribution in [-0.4, -0.2) is 45.9 Å². The van der Waals surface area contributed by atoms with E-state index in [1.807, 2.05) is 6.20 Å². The summed E-state index contributed by atoms with van der Waals surface area (Å²) in [5.41, 5.74) is 0.157. The number of aromatic nitrogens is 1. The second-order valence-corrected chi connectivity index (χ2v) is 7.66. The number of aryl methyl sites for hydroxylation is 1. The molecule has 21 heavy (non-hydrogen) atoms. The Labute approximate surface area is 131 Å². The van der Waals surface area contributed by atoms with E-state index in [2.05, 4.69) is 28.6 Å². The van der Waals surface area contributed by atoms with Crippen molar-refractivity contribution in [1.82, 2.24) is 14.8 Å². The summed E-state index contributed by atoms with van der Waals surface area (Å²) in [6, 6.07) is 0. The van der Waals surface area contributed by atoms with Gasteiger partial charge in [0.2, 0.25) is 5.91 Å². The predicted octanol–water partition coefficient (Wildman–Crippen LogP) is 2.82. The van der Waals surface area contributed by atoms with Gasteiger partial charge in [0.05, 0.1) is 5.01 Å². The Bertz CT molecular complexity index is 515. The van der Waals surface area contributed by atoms with Gasteiger partial charge >= 0.3 is 0 Å². The van der Waals surface area contributed by atoms with Gasteiger partial charge in [0.25, 0.3) is 0 Å². The molecule has 116 valence electrons. The van der Waals surface area contributed by atoms with E-state index in [1.165, 1.54) is 17.7 Å². The molecule has 3 rings (SSSR count). The molecule has 4 nitrogen and oxygen atoms in total. The fourth-order valence-corrected chi connectivity index (χ4v) is 4.83. The summed E-state index contributed by atoms with van der Waals surface area (Å²) < 4.78 is 0. The van der Waals surface area contributed by atoms with E-state index >= 15 is 0 Å². The summed E-state index contributed by atoms with van der Waals surface area (Å²) in [7, 11) is 0. The Hall–Kier alpha value is -0.940. The van der Waals surface area contributed by atoms with E-state index < -0.39 is 0 Å². The van der Waals surface area contributed by atoms with Crippen LogP contribution in [0, 0.1) is 6.92 Å². The highest BCUT2D eigenvalue weighted by Gasteiger charge is 2.44. The molecule has 1 amide bonds. The van der Waals surface area contributed by atoms with Gasteiger partial charge in [0.1, 0.15) is 0 Å². The predicted molar refractivity (Wildman–Crippen MR) is 85.3 cm³/mol. The lowest BCUT2D eigenvalue weighted by Crippen LogP contribution is -2.46. The molecule has 1 atom stereocenters. The van der Waals surface area contributed by atoms with Gasteiger partial charge in [-0.15, -0.1) is 11.3 Å². The fraction of sp³-hybridized carbons (Fsp3) is 0.750. The molecule has 0 N–H and O–H groups in total. The lowest BCUT2D eigenvalue weighted by atomic mass is 9.88. The summed E-state index contributed by atoms with van der Waals surface area (Å²) in [6.45, 7) is 8.31. The molecule has 2 aliphatic rings. The number of carbonyl (C=O) groups is 1. The highest BCUT2D eigenvalue weighted by Crippen LogP contribution is 2.39. The van der Waals surface area contributed by atoms with Crippen molar-refractivity contribution in [3.05, 3.63) is 16.1 Å². The highest BCUT2D eigenvalue weighted by atomic mass is 32.1. The van der Waals surface area contributed by atoms with Crippen molar-refractivity contribution in [2.45, 2.75) is 58.0 Å². The summed E-state index contributed by atoms with van der Waals surface area (Å²) in [4.78, 5) is 22.5. The summed E-state index contributed by atoms with van der Waals surface area (Å²) in [6.07, 6.45) is 7.32. The standard InChI is InChI=1S/C16H25N3OS/c1-3-19-15(20)5-7-16(19)6-4-9-18(10-8-16)12-14-11-17-13(2)21-14/h11H,3-10,12H2,1-2H3/t16-/m1/s1. The zero-order chi connectivity index (χ0) is 14.9. The second kappa shape index (κ2) is 6.05. The molecule has 0 bridgehead atoms. The van der Waals surface area contributed by atoms with Crippen LogP contribution in [0.5, 0.6) is 0 Å². The van der Waals surface area contributed by atoms with E-state index in [4.69, 9.17) is 0 Å². The monoisotopic (exact) mass is 307 g/mol. The average molecular weight is 307 g/mol. The molecular formula is C16H25N3OS. The first-order valence-corrected chi connectivity index (χ1v) is 8.89. The maximum absolute atomic E-state index is 12.1. The number of hydrogen-bond donors (Lipinski definition) is 0. The Kier molecular flexibility index (Phi) is 4.31. The fourth-order valence-electron chi connectivity index (χ4n) is 4.00. The van der Waals surface area contributed by atoms with E-state index in [9.17, 15) is 4.79 Å². The van der Waals surface area contributed by atoms with Crippen LogP contribution in [0.2, 0.25) is 0 Å². The number of hydrogen-bond acceptors (Lipinski definition) is 4. The lowest BCUT2D eigenvalue weighted by molar-refractivity contribution is -0.131. The SMILES string of the molecule is CCN1C(=O)CC[C@@]12CCCN(Cc1cnc(C)s1)CC2. The van der Waals surface area contributed by atoms with Crippen LogP contribution >= 0.6 is 11.3 Å². The van der Waals surface area contributed by atoms with Crippen LogP contribution < -0.4 is 0 Å².